The molecule has 0 aliphatic carbocycles. The van der Waals surface area contributed by atoms with Crippen molar-refractivity contribution in [2.75, 3.05) is 25.6 Å². The second-order valence-corrected chi connectivity index (χ2v) is 8.49. The molecule has 0 saturated carbocycles. The number of hydrogen-bond donors (Lipinski definition) is 2. The molecule has 9 heteroatoms. The number of rotatable bonds is 9. The summed E-state index contributed by atoms with van der Waals surface area (Å²) in [6, 6.07) is 25.3. The fourth-order valence-electron chi connectivity index (χ4n) is 4.15. The van der Waals surface area contributed by atoms with Crippen LogP contribution in [0.3, 0.4) is 0 Å². The molecule has 1 aliphatic rings. The van der Waals surface area contributed by atoms with Gasteiger partial charge in [-0.05, 0) is 23.3 Å². The first-order valence-electron chi connectivity index (χ1n) is 11.8. The van der Waals surface area contributed by atoms with Gasteiger partial charge in [-0.25, -0.2) is 0 Å². The fourth-order valence-corrected chi connectivity index (χ4v) is 4.15. The Morgan fingerprint density at radius 1 is 0.919 bits per heavy atom. The smallest absolute Gasteiger partial charge is 0.311 e. The van der Waals surface area contributed by atoms with Crippen molar-refractivity contribution in [1.29, 1.82) is 0 Å². The van der Waals surface area contributed by atoms with Crippen LogP contribution in [0.25, 0.3) is 0 Å². The van der Waals surface area contributed by atoms with Crippen LogP contribution in [0.2, 0.25) is 0 Å². The van der Waals surface area contributed by atoms with Crippen molar-refractivity contribution in [3.05, 3.63) is 96.1 Å². The lowest BCUT2D eigenvalue weighted by molar-refractivity contribution is -0.151. The standard InChI is InChI=1S/C28H27N3O6/c1-36-23-15-9-8-14-22(23)29-24(32)18-37-28(35)21-16-25(33)31(17-21)30-27(34)26(19-10-4-2-5-11-19)20-12-6-3-7-13-20/h2-15,21,26H,16-18H2,1H3,(H,29,32)(H,30,34)/t21-/m1/s1. The zero-order valence-electron chi connectivity index (χ0n) is 20.3. The molecule has 0 aromatic heterocycles. The number of ether oxygens (including phenoxy) is 2. The first-order valence-corrected chi connectivity index (χ1v) is 11.8. The van der Waals surface area contributed by atoms with Gasteiger partial charge in [-0.1, -0.05) is 72.8 Å². The highest BCUT2D eigenvalue weighted by molar-refractivity contribution is 5.95. The minimum atomic E-state index is -0.807. The van der Waals surface area contributed by atoms with Crippen molar-refractivity contribution >= 4 is 29.4 Å². The molecule has 9 nitrogen and oxygen atoms in total. The molecule has 0 unspecified atom stereocenters. The van der Waals surface area contributed by atoms with Crippen molar-refractivity contribution in [2.24, 2.45) is 5.92 Å². The van der Waals surface area contributed by atoms with Crippen LogP contribution in [-0.4, -0.2) is 49.0 Å². The molecule has 3 aromatic rings. The number of hydrogen-bond acceptors (Lipinski definition) is 6. The summed E-state index contributed by atoms with van der Waals surface area (Å²) in [7, 11) is 1.48. The zero-order chi connectivity index (χ0) is 26.2. The van der Waals surface area contributed by atoms with E-state index in [0.717, 1.165) is 16.1 Å². The quantitative estimate of drug-likeness (QED) is 0.436. The van der Waals surface area contributed by atoms with E-state index in [0.29, 0.717) is 11.4 Å². The number of nitrogens with zero attached hydrogens (tertiary/aromatic N) is 1. The summed E-state index contributed by atoms with van der Waals surface area (Å²) in [5.41, 5.74) is 4.66. The lowest BCUT2D eigenvalue weighted by Crippen LogP contribution is -2.45. The summed E-state index contributed by atoms with van der Waals surface area (Å²) in [6.07, 6.45) is -0.130. The third-order valence-corrected chi connectivity index (χ3v) is 5.96. The van der Waals surface area contributed by atoms with E-state index < -0.39 is 42.1 Å². The van der Waals surface area contributed by atoms with Crippen molar-refractivity contribution in [1.82, 2.24) is 10.4 Å². The summed E-state index contributed by atoms with van der Waals surface area (Å²) < 4.78 is 10.3. The molecule has 0 radical (unpaired) electrons. The monoisotopic (exact) mass is 501 g/mol. The molecule has 3 aromatic carbocycles. The van der Waals surface area contributed by atoms with Gasteiger partial charge in [0, 0.05) is 6.42 Å². The van der Waals surface area contributed by atoms with Crippen molar-refractivity contribution in [3.8, 4) is 5.75 Å². The molecule has 4 rings (SSSR count). The van der Waals surface area contributed by atoms with E-state index in [1.807, 2.05) is 60.7 Å². The summed E-state index contributed by atoms with van der Waals surface area (Å²) in [5.74, 6) is -3.01. The molecular formula is C28H27N3O6. The highest BCUT2D eigenvalue weighted by Crippen LogP contribution is 2.26. The van der Waals surface area contributed by atoms with Crippen molar-refractivity contribution < 1.29 is 28.7 Å². The molecule has 1 saturated heterocycles. The van der Waals surface area contributed by atoms with Gasteiger partial charge in [-0.15, -0.1) is 0 Å². The van der Waals surface area contributed by atoms with E-state index in [1.165, 1.54) is 7.11 Å². The van der Waals surface area contributed by atoms with Gasteiger partial charge in [0.15, 0.2) is 6.61 Å². The summed E-state index contributed by atoms with van der Waals surface area (Å²) >= 11 is 0. The van der Waals surface area contributed by atoms with Gasteiger partial charge >= 0.3 is 5.97 Å². The number of amides is 3. The molecule has 2 N–H and O–H groups in total. The molecule has 190 valence electrons. The van der Waals surface area contributed by atoms with E-state index in [4.69, 9.17) is 9.47 Å². The molecule has 1 fully saturated rings. The number of hydrazine groups is 1. The second-order valence-electron chi connectivity index (χ2n) is 8.49. The summed E-state index contributed by atoms with van der Waals surface area (Å²) in [5, 5.41) is 3.76. The SMILES string of the molecule is COc1ccccc1NC(=O)COC(=O)[C@@H]1CC(=O)N(NC(=O)C(c2ccccc2)c2ccccc2)C1. The van der Waals surface area contributed by atoms with Crippen LogP contribution in [0.4, 0.5) is 5.69 Å². The van der Waals surface area contributed by atoms with Gasteiger partial charge in [0.2, 0.25) is 5.91 Å². The van der Waals surface area contributed by atoms with Gasteiger partial charge in [0.05, 0.1) is 31.2 Å². The molecular weight excluding hydrogens is 474 g/mol. The van der Waals surface area contributed by atoms with E-state index in [9.17, 15) is 19.2 Å². The van der Waals surface area contributed by atoms with Crippen LogP contribution in [0.1, 0.15) is 23.5 Å². The van der Waals surface area contributed by atoms with E-state index >= 15 is 0 Å². The number of benzene rings is 3. The highest BCUT2D eigenvalue weighted by Gasteiger charge is 2.37. The number of carbonyl (C=O) groups is 4. The Kier molecular flexibility index (Phi) is 8.15. The van der Waals surface area contributed by atoms with Gasteiger partial charge in [-0.2, -0.15) is 0 Å². The predicted octanol–water partition coefficient (Wildman–Crippen LogP) is 2.89. The Morgan fingerprint density at radius 3 is 2.14 bits per heavy atom. The summed E-state index contributed by atoms with van der Waals surface area (Å²) in [6.45, 7) is -0.564. The number of carbonyl (C=O) groups excluding carboxylic acids is 4. The Balaban J connectivity index is 1.34. The molecule has 0 bridgehead atoms. The number of nitrogens with one attached hydrogen (secondary N) is 2. The molecule has 1 heterocycles. The topological polar surface area (TPSA) is 114 Å². The normalized spacial score (nSPS) is 14.8. The zero-order valence-corrected chi connectivity index (χ0v) is 20.3. The van der Waals surface area contributed by atoms with Crippen molar-refractivity contribution in [2.45, 2.75) is 12.3 Å². The third-order valence-electron chi connectivity index (χ3n) is 5.96. The van der Waals surface area contributed by atoms with Crippen LogP contribution >= 0.6 is 0 Å². The molecule has 0 spiro atoms. The second kappa shape index (κ2) is 11.9. The summed E-state index contributed by atoms with van der Waals surface area (Å²) in [4.78, 5) is 50.7. The lowest BCUT2D eigenvalue weighted by atomic mass is 9.91. The average molecular weight is 502 g/mol. The van der Waals surface area contributed by atoms with Crippen LogP contribution < -0.4 is 15.5 Å². The third kappa shape index (κ3) is 6.32. The largest absolute Gasteiger partial charge is 0.495 e. The van der Waals surface area contributed by atoms with E-state index in [-0.39, 0.29) is 13.0 Å². The number of anilines is 1. The van der Waals surface area contributed by atoms with Gasteiger partial charge in [0.25, 0.3) is 11.8 Å². The highest BCUT2D eigenvalue weighted by atomic mass is 16.5. The van der Waals surface area contributed by atoms with Crippen LogP contribution in [0.5, 0.6) is 5.75 Å². The number of para-hydroxylation sites is 2. The van der Waals surface area contributed by atoms with Crippen molar-refractivity contribution in [3.63, 3.8) is 0 Å². The van der Waals surface area contributed by atoms with E-state index in [1.54, 1.807) is 24.3 Å². The lowest BCUT2D eigenvalue weighted by Gasteiger charge is -2.23. The average Bonchev–Trinajstić information content (AvgIpc) is 3.29. The molecule has 1 aliphatic heterocycles. The molecule has 1 atom stereocenters. The Hall–Kier alpha value is -4.66. The number of esters is 1. The first-order chi connectivity index (χ1) is 18.0. The van der Waals surface area contributed by atoms with Gasteiger partial charge in [-0.3, -0.25) is 29.6 Å². The van der Waals surface area contributed by atoms with Gasteiger partial charge in [0.1, 0.15) is 5.75 Å². The Bertz CT molecular complexity index is 1230. The van der Waals surface area contributed by atoms with Crippen LogP contribution in [0.15, 0.2) is 84.9 Å². The molecule has 3 amide bonds. The van der Waals surface area contributed by atoms with Crippen LogP contribution in [0, 0.1) is 5.92 Å². The van der Waals surface area contributed by atoms with E-state index in [2.05, 4.69) is 10.7 Å². The maximum atomic E-state index is 13.3. The van der Waals surface area contributed by atoms with Crippen LogP contribution in [-0.2, 0) is 23.9 Å². The van der Waals surface area contributed by atoms with Gasteiger partial charge < -0.3 is 14.8 Å². The maximum Gasteiger partial charge on any atom is 0.311 e. The molecule has 37 heavy (non-hydrogen) atoms. The minimum Gasteiger partial charge on any atom is -0.495 e. The Labute approximate surface area is 214 Å². The Morgan fingerprint density at radius 2 is 1.51 bits per heavy atom. The maximum absolute atomic E-state index is 13.3. The fraction of sp³-hybridized carbons (Fsp3) is 0.214. The number of methoxy groups -OCH3 is 1. The minimum absolute atomic E-state index is 0.0478. The first kappa shape index (κ1) is 25.4. The predicted molar refractivity (Wildman–Crippen MR) is 135 cm³/mol.